The van der Waals surface area contributed by atoms with Gasteiger partial charge >= 0.3 is 11.9 Å². The van der Waals surface area contributed by atoms with E-state index in [1.807, 2.05) is 67.6 Å². The van der Waals surface area contributed by atoms with Crippen LogP contribution in [0.5, 0.6) is 0 Å². The number of hydrogen-bond acceptors (Lipinski definition) is 7. The topological polar surface area (TPSA) is 80.3 Å². The monoisotopic (exact) mass is 442 g/mol. The SMILES string of the molecule is CCC1(COCc2ccccc2)OC(OC(C)=O)C(OC(C)=O)C1OCc1ccccc1. The third-order valence-electron chi connectivity index (χ3n) is 5.35. The van der Waals surface area contributed by atoms with Gasteiger partial charge in [0, 0.05) is 13.8 Å². The Bertz CT molecular complexity index is 870. The molecule has 2 aromatic rings. The first-order chi connectivity index (χ1) is 15.4. The molecule has 7 heteroatoms. The minimum atomic E-state index is -1.09. The number of rotatable bonds is 10. The molecule has 1 fully saturated rings. The number of carbonyl (C=O) groups is 2. The smallest absolute Gasteiger partial charge is 0.305 e. The van der Waals surface area contributed by atoms with Crippen molar-refractivity contribution in [3.05, 3.63) is 71.8 Å². The second kappa shape index (κ2) is 11.2. The van der Waals surface area contributed by atoms with Crippen LogP contribution in [0.2, 0.25) is 0 Å². The van der Waals surface area contributed by atoms with Crippen molar-refractivity contribution in [3.63, 3.8) is 0 Å². The van der Waals surface area contributed by atoms with E-state index in [1.54, 1.807) is 0 Å². The van der Waals surface area contributed by atoms with E-state index < -0.39 is 36.0 Å². The minimum Gasteiger partial charge on any atom is -0.453 e. The van der Waals surface area contributed by atoms with Crippen molar-refractivity contribution in [2.45, 2.75) is 64.5 Å². The highest BCUT2D eigenvalue weighted by Crippen LogP contribution is 2.39. The van der Waals surface area contributed by atoms with Gasteiger partial charge in [-0.2, -0.15) is 0 Å². The highest BCUT2D eigenvalue weighted by Gasteiger charge is 2.58. The summed E-state index contributed by atoms with van der Waals surface area (Å²) in [6, 6.07) is 19.4. The lowest BCUT2D eigenvalue weighted by Gasteiger charge is -2.33. The minimum absolute atomic E-state index is 0.174. The van der Waals surface area contributed by atoms with Crippen molar-refractivity contribution in [1.29, 1.82) is 0 Å². The van der Waals surface area contributed by atoms with Crippen molar-refractivity contribution < 1.29 is 33.3 Å². The summed E-state index contributed by atoms with van der Waals surface area (Å²) < 4.78 is 29.3. The second-order valence-corrected chi connectivity index (χ2v) is 7.78. The van der Waals surface area contributed by atoms with Gasteiger partial charge in [0.25, 0.3) is 0 Å². The van der Waals surface area contributed by atoms with E-state index in [0.29, 0.717) is 13.0 Å². The van der Waals surface area contributed by atoms with Gasteiger partial charge in [-0.15, -0.1) is 0 Å². The van der Waals surface area contributed by atoms with Gasteiger partial charge in [-0.3, -0.25) is 9.59 Å². The molecular weight excluding hydrogens is 412 g/mol. The van der Waals surface area contributed by atoms with Gasteiger partial charge < -0.3 is 23.7 Å². The molecule has 4 unspecified atom stereocenters. The summed E-state index contributed by atoms with van der Waals surface area (Å²) >= 11 is 0. The second-order valence-electron chi connectivity index (χ2n) is 7.78. The molecule has 0 aliphatic carbocycles. The van der Waals surface area contributed by atoms with E-state index in [9.17, 15) is 9.59 Å². The molecule has 1 heterocycles. The molecule has 32 heavy (non-hydrogen) atoms. The van der Waals surface area contributed by atoms with Gasteiger partial charge in [-0.05, 0) is 17.5 Å². The summed E-state index contributed by atoms with van der Waals surface area (Å²) in [6.45, 7) is 5.36. The van der Waals surface area contributed by atoms with E-state index in [-0.39, 0.29) is 13.2 Å². The standard InChI is InChI=1S/C25H30O7/c1-4-25(17-28-15-20-11-7-5-8-12-20)23(29-16-21-13-9-6-10-14-21)22(30-18(2)26)24(32-25)31-19(3)27/h5-14,22-24H,4,15-17H2,1-3H3. The van der Waals surface area contributed by atoms with Crippen LogP contribution in [0.15, 0.2) is 60.7 Å². The first kappa shape index (κ1) is 23.9. The number of hydrogen-bond donors (Lipinski definition) is 0. The average molecular weight is 443 g/mol. The highest BCUT2D eigenvalue weighted by atomic mass is 16.8. The Hall–Kier alpha value is -2.74. The van der Waals surface area contributed by atoms with Crippen molar-refractivity contribution in [2.75, 3.05) is 6.61 Å². The van der Waals surface area contributed by atoms with Crippen LogP contribution >= 0.6 is 0 Å². The summed E-state index contributed by atoms with van der Waals surface area (Å²) in [5, 5.41) is 0. The summed E-state index contributed by atoms with van der Waals surface area (Å²) in [6.07, 6.45) is -2.20. The molecule has 2 aromatic carbocycles. The molecule has 7 nitrogen and oxygen atoms in total. The van der Waals surface area contributed by atoms with Gasteiger partial charge in [0.2, 0.25) is 6.29 Å². The fourth-order valence-corrected chi connectivity index (χ4v) is 3.80. The van der Waals surface area contributed by atoms with E-state index in [2.05, 4.69) is 0 Å². The predicted molar refractivity (Wildman–Crippen MR) is 116 cm³/mol. The first-order valence-corrected chi connectivity index (χ1v) is 10.7. The fraction of sp³-hybridized carbons (Fsp3) is 0.440. The van der Waals surface area contributed by atoms with Crippen LogP contribution in [0.25, 0.3) is 0 Å². The predicted octanol–water partition coefficient (Wildman–Crippen LogP) is 3.79. The molecule has 3 rings (SSSR count). The van der Waals surface area contributed by atoms with Crippen LogP contribution in [0.3, 0.4) is 0 Å². The van der Waals surface area contributed by atoms with Gasteiger partial charge in [-0.25, -0.2) is 0 Å². The first-order valence-electron chi connectivity index (χ1n) is 10.7. The Labute approximate surface area is 188 Å². The zero-order chi connectivity index (χ0) is 23.0. The maximum atomic E-state index is 11.8. The lowest BCUT2D eigenvalue weighted by Crippen LogP contribution is -2.49. The molecule has 0 saturated carbocycles. The highest BCUT2D eigenvalue weighted by molar-refractivity contribution is 5.67. The number of carbonyl (C=O) groups excluding carboxylic acids is 2. The molecule has 0 aromatic heterocycles. The average Bonchev–Trinajstić information content (AvgIpc) is 3.05. The zero-order valence-electron chi connectivity index (χ0n) is 18.7. The van der Waals surface area contributed by atoms with E-state index in [0.717, 1.165) is 11.1 Å². The Balaban J connectivity index is 1.82. The van der Waals surface area contributed by atoms with Crippen LogP contribution in [0.4, 0.5) is 0 Å². The molecule has 1 aliphatic heterocycles. The maximum Gasteiger partial charge on any atom is 0.305 e. The van der Waals surface area contributed by atoms with E-state index in [4.69, 9.17) is 23.7 Å². The Kier molecular flexibility index (Phi) is 8.39. The fourth-order valence-electron chi connectivity index (χ4n) is 3.80. The number of ether oxygens (including phenoxy) is 5. The van der Waals surface area contributed by atoms with Crippen molar-refractivity contribution in [2.24, 2.45) is 0 Å². The molecule has 0 spiro atoms. The molecular formula is C25H30O7. The Morgan fingerprint density at radius 2 is 1.44 bits per heavy atom. The number of esters is 2. The molecule has 0 bridgehead atoms. The third kappa shape index (κ3) is 6.16. The third-order valence-corrected chi connectivity index (χ3v) is 5.35. The molecule has 0 radical (unpaired) electrons. The largest absolute Gasteiger partial charge is 0.453 e. The molecule has 0 amide bonds. The van der Waals surface area contributed by atoms with Crippen molar-refractivity contribution in [1.82, 2.24) is 0 Å². The normalized spacial score (nSPS) is 24.8. The summed E-state index contributed by atoms with van der Waals surface area (Å²) in [5.74, 6) is -1.05. The summed E-state index contributed by atoms with van der Waals surface area (Å²) in [7, 11) is 0. The Morgan fingerprint density at radius 1 is 0.875 bits per heavy atom. The van der Waals surface area contributed by atoms with Gasteiger partial charge in [-0.1, -0.05) is 67.6 Å². The molecule has 1 saturated heterocycles. The van der Waals surface area contributed by atoms with Crippen LogP contribution in [0, 0.1) is 0 Å². The number of benzene rings is 2. The summed E-state index contributed by atoms with van der Waals surface area (Å²) in [5.41, 5.74) is 1.01. The quantitative estimate of drug-likeness (QED) is 0.518. The molecule has 172 valence electrons. The van der Waals surface area contributed by atoms with Gasteiger partial charge in [0.1, 0.15) is 11.7 Å². The van der Waals surface area contributed by atoms with Crippen LogP contribution in [-0.4, -0.2) is 42.6 Å². The molecule has 0 N–H and O–H groups in total. The van der Waals surface area contributed by atoms with Gasteiger partial charge in [0.05, 0.1) is 19.8 Å². The molecule has 1 aliphatic rings. The van der Waals surface area contributed by atoms with E-state index in [1.165, 1.54) is 13.8 Å². The summed E-state index contributed by atoms with van der Waals surface area (Å²) in [4.78, 5) is 23.5. The van der Waals surface area contributed by atoms with Crippen LogP contribution < -0.4 is 0 Å². The molecule has 4 atom stereocenters. The van der Waals surface area contributed by atoms with Gasteiger partial charge in [0.15, 0.2) is 6.10 Å². The zero-order valence-corrected chi connectivity index (χ0v) is 18.7. The van der Waals surface area contributed by atoms with E-state index >= 15 is 0 Å². The van der Waals surface area contributed by atoms with Crippen molar-refractivity contribution in [3.8, 4) is 0 Å². The van der Waals surface area contributed by atoms with Crippen molar-refractivity contribution >= 4 is 11.9 Å². The maximum absolute atomic E-state index is 11.8. The Morgan fingerprint density at radius 3 is 1.97 bits per heavy atom. The van der Waals surface area contributed by atoms with Crippen LogP contribution in [0.1, 0.15) is 38.3 Å². The van der Waals surface area contributed by atoms with Crippen LogP contribution in [-0.2, 0) is 46.5 Å². The lowest BCUT2D eigenvalue weighted by atomic mass is 9.92. The lowest BCUT2D eigenvalue weighted by molar-refractivity contribution is -0.212.